The summed E-state index contributed by atoms with van der Waals surface area (Å²) in [6.45, 7) is -5.11. The molecule has 8 atom stereocenters. The lowest BCUT2D eigenvalue weighted by molar-refractivity contribution is 0.0592. The maximum atomic E-state index is 11.2. The maximum absolute atomic E-state index is 11.2. The predicted octanol–water partition coefficient (Wildman–Crippen LogP) is -3.78. The number of hydrogen-bond donors (Lipinski definition) is 16. The summed E-state index contributed by atoms with van der Waals surface area (Å²) in [7, 11) is 0. The molecule has 0 bridgehead atoms. The molecule has 0 aromatic heterocycles. The molecule has 0 radical (unpaired) electrons. The smallest absolute Gasteiger partial charge is 0.103 e. The topological polar surface area (TPSA) is 324 Å². The second kappa shape index (κ2) is 17.5. The molecule has 2 aromatic carbocycles. The average molecular weight is 677 g/mol. The first-order valence-corrected chi connectivity index (χ1v) is 14.8. The number of hydrogen-bond acceptors (Lipinski definition) is 16. The molecule has 2 aromatic rings. The van der Waals surface area contributed by atoms with E-state index in [9.17, 15) is 81.7 Å². The van der Waals surface area contributed by atoms with Crippen LogP contribution in [-0.4, -0.2) is 135 Å². The van der Waals surface area contributed by atoms with Crippen LogP contribution < -0.4 is 0 Å². The summed E-state index contributed by atoms with van der Waals surface area (Å²) in [4.78, 5) is 0. The van der Waals surface area contributed by atoms with E-state index in [0.29, 0.717) is 0 Å². The van der Waals surface area contributed by atoms with Crippen molar-refractivity contribution >= 4 is 0 Å². The van der Waals surface area contributed by atoms with E-state index < -0.39 is 118 Å². The molecule has 0 amide bonds. The monoisotopic (exact) mass is 676 g/mol. The van der Waals surface area contributed by atoms with E-state index in [1.54, 1.807) is 0 Å². The van der Waals surface area contributed by atoms with Crippen LogP contribution in [0.25, 0.3) is 0 Å². The molecule has 268 valence electrons. The van der Waals surface area contributed by atoms with Crippen molar-refractivity contribution in [1.82, 2.24) is 0 Å². The minimum Gasteiger partial charge on any atom is -0.393 e. The highest BCUT2D eigenvalue weighted by molar-refractivity contribution is 5.60. The van der Waals surface area contributed by atoms with Crippen LogP contribution in [0.1, 0.15) is 118 Å². The highest BCUT2D eigenvalue weighted by atomic mass is 16.3. The van der Waals surface area contributed by atoms with Crippen molar-refractivity contribution < 1.29 is 81.7 Å². The Morgan fingerprint density at radius 2 is 0.574 bits per heavy atom. The van der Waals surface area contributed by atoms with Gasteiger partial charge in [-0.05, 0) is 55.6 Å². The third kappa shape index (κ3) is 8.00. The molecular formula is C31H48O16. The van der Waals surface area contributed by atoms with Gasteiger partial charge in [-0.1, -0.05) is 26.0 Å². The van der Waals surface area contributed by atoms with Crippen molar-refractivity contribution in [2.45, 2.75) is 68.1 Å². The summed E-state index contributed by atoms with van der Waals surface area (Å²) < 4.78 is 0. The number of aliphatic hydroxyl groups excluding tert-OH is 16. The molecule has 16 nitrogen and oxygen atoms in total. The quantitative estimate of drug-likeness (QED) is 0.0720. The highest BCUT2D eigenvalue weighted by Gasteiger charge is 2.41. The minimum absolute atomic E-state index is 0.117. The van der Waals surface area contributed by atoms with E-state index in [1.165, 1.54) is 13.8 Å². The molecule has 0 fully saturated rings. The lowest BCUT2D eigenvalue weighted by Gasteiger charge is -2.39. The minimum atomic E-state index is -1.93. The molecule has 47 heavy (non-hydrogen) atoms. The van der Waals surface area contributed by atoms with Gasteiger partial charge in [-0.2, -0.15) is 0 Å². The zero-order valence-electron chi connectivity index (χ0n) is 26.1. The van der Waals surface area contributed by atoms with Gasteiger partial charge in [-0.25, -0.2) is 0 Å². The van der Waals surface area contributed by atoms with Crippen LogP contribution in [0.15, 0.2) is 12.1 Å². The Kier molecular flexibility index (Phi) is 15.2. The molecule has 0 aliphatic heterocycles. The first-order chi connectivity index (χ1) is 22.1. The molecule has 2 rings (SSSR count). The van der Waals surface area contributed by atoms with Crippen LogP contribution in [0, 0.1) is 0 Å². The van der Waals surface area contributed by atoms with Crippen LogP contribution in [0.4, 0.5) is 0 Å². The maximum Gasteiger partial charge on any atom is 0.103 e. The van der Waals surface area contributed by atoms with Gasteiger partial charge in [0.05, 0.1) is 52.9 Å². The van der Waals surface area contributed by atoms with Gasteiger partial charge in [0.1, 0.15) is 48.8 Å². The Morgan fingerprint density at radius 1 is 0.362 bits per heavy atom. The van der Waals surface area contributed by atoms with Crippen molar-refractivity contribution in [2.24, 2.45) is 0 Å². The van der Waals surface area contributed by atoms with Gasteiger partial charge >= 0.3 is 0 Å². The summed E-state index contributed by atoms with van der Waals surface area (Å²) in [6.07, 6.45) is -14.9. The van der Waals surface area contributed by atoms with Gasteiger partial charge in [0.2, 0.25) is 0 Å². The van der Waals surface area contributed by atoms with Gasteiger partial charge in [-0.3, -0.25) is 0 Å². The highest BCUT2D eigenvalue weighted by Crippen LogP contribution is 2.49. The van der Waals surface area contributed by atoms with Crippen molar-refractivity contribution in [2.75, 3.05) is 52.9 Å². The Balaban J connectivity index is 3.45. The fraction of sp³-hybridized carbons (Fsp3) is 0.613. The number of rotatable bonds is 18. The van der Waals surface area contributed by atoms with Crippen molar-refractivity contribution in [3.8, 4) is 0 Å². The molecule has 16 heteroatoms. The van der Waals surface area contributed by atoms with Crippen LogP contribution in [-0.2, 0) is 5.41 Å². The fourth-order valence-electron chi connectivity index (χ4n) is 6.17. The summed E-state index contributed by atoms with van der Waals surface area (Å²) in [5.74, 6) is 0. The second-order valence-electron chi connectivity index (χ2n) is 11.7. The second-order valence-corrected chi connectivity index (χ2v) is 11.7. The summed E-state index contributed by atoms with van der Waals surface area (Å²) in [5.41, 5.74) is -4.87. The van der Waals surface area contributed by atoms with Crippen molar-refractivity contribution in [1.29, 1.82) is 0 Å². The molecule has 0 heterocycles. The van der Waals surface area contributed by atoms with Gasteiger partial charge in [0.15, 0.2) is 0 Å². The zero-order chi connectivity index (χ0) is 36.0. The molecule has 0 spiro atoms. The number of aliphatic hydroxyl groups is 16. The van der Waals surface area contributed by atoms with Crippen molar-refractivity contribution in [3.05, 3.63) is 67.8 Å². The van der Waals surface area contributed by atoms with Gasteiger partial charge < -0.3 is 81.7 Å². The Bertz CT molecular complexity index is 1220. The van der Waals surface area contributed by atoms with Crippen molar-refractivity contribution in [3.63, 3.8) is 0 Å². The molecule has 0 aliphatic carbocycles. The van der Waals surface area contributed by atoms with Gasteiger partial charge in [0, 0.05) is 5.41 Å². The third-order valence-electron chi connectivity index (χ3n) is 8.41. The summed E-state index contributed by atoms with van der Waals surface area (Å²) >= 11 is 0. The fourth-order valence-corrected chi connectivity index (χ4v) is 6.17. The van der Waals surface area contributed by atoms with E-state index in [0.717, 1.165) is 12.1 Å². The summed E-state index contributed by atoms with van der Waals surface area (Å²) in [6, 6.07) is 2.32. The first-order valence-electron chi connectivity index (χ1n) is 14.8. The third-order valence-corrected chi connectivity index (χ3v) is 8.41. The molecule has 16 N–H and O–H groups in total. The van der Waals surface area contributed by atoms with E-state index in [1.807, 2.05) is 0 Å². The Morgan fingerprint density at radius 3 is 0.809 bits per heavy atom. The van der Waals surface area contributed by atoms with Crippen LogP contribution in [0.3, 0.4) is 0 Å². The van der Waals surface area contributed by atoms with E-state index in [-0.39, 0.29) is 44.5 Å². The van der Waals surface area contributed by atoms with E-state index in [4.69, 9.17) is 0 Å². The van der Waals surface area contributed by atoms with Crippen LogP contribution >= 0.6 is 0 Å². The van der Waals surface area contributed by atoms with Crippen LogP contribution in [0.2, 0.25) is 0 Å². The van der Waals surface area contributed by atoms with Crippen LogP contribution in [0.5, 0.6) is 0 Å². The standard InChI is InChI=1S/C31H48O16/c1-31(2,15-3-13(17(40)5-32)25(19(42)7-34)29(23(46)11-38)27(15)21(44)9-36)16-4-14(18(41)6-33)26(20(43)8-35)30(24(47)12-39)28(16)22(45)10-37/h3-4,17-24,32-47H,5-12H2,1-2H3. The van der Waals surface area contributed by atoms with Gasteiger partial charge in [0.25, 0.3) is 0 Å². The Hall–Kier alpha value is -2.20. The number of benzene rings is 2. The molecule has 0 saturated carbocycles. The first kappa shape index (κ1) is 41.0. The molecule has 8 unspecified atom stereocenters. The molecular weight excluding hydrogens is 628 g/mol. The summed E-state index contributed by atoms with van der Waals surface area (Å²) in [5, 5.41) is 167. The van der Waals surface area contributed by atoms with Gasteiger partial charge in [-0.15, -0.1) is 0 Å². The molecule has 0 aliphatic rings. The Labute approximate surface area is 270 Å². The van der Waals surface area contributed by atoms with E-state index >= 15 is 0 Å². The van der Waals surface area contributed by atoms with E-state index in [2.05, 4.69) is 0 Å². The lowest BCUT2D eigenvalue weighted by Crippen LogP contribution is -2.32. The zero-order valence-corrected chi connectivity index (χ0v) is 26.1. The largest absolute Gasteiger partial charge is 0.393 e. The lowest BCUT2D eigenvalue weighted by atomic mass is 9.67. The molecule has 0 saturated heterocycles. The predicted molar refractivity (Wildman–Crippen MR) is 161 cm³/mol. The average Bonchev–Trinajstić information content (AvgIpc) is 3.09. The SMILES string of the molecule is CC(C)(c1cc(C(O)CO)c(C(O)CO)c(C(O)CO)c1C(O)CO)c1cc(C(O)CO)c(C(O)CO)c(C(O)CO)c1C(O)CO. The normalized spacial score (nSPS) is 17.6.